The Bertz CT molecular complexity index is 345. The summed E-state index contributed by atoms with van der Waals surface area (Å²) in [6, 6.07) is 0. The number of H-pyrrole nitrogens is 1. The zero-order valence-electron chi connectivity index (χ0n) is 10.3. The Balaban J connectivity index is 1.93. The number of nitrogens with zero attached hydrogens (tertiary/aromatic N) is 2. The van der Waals surface area contributed by atoms with Crippen molar-refractivity contribution in [3.05, 3.63) is 5.82 Å². The molecule has 0 spiro atoms. The van der Waals surface area contributed by atoms with E-state index in [2.05, 4.69) is 31.1 Å². The number of hydrogen-bond acceptors (Lipinski definition) is 3. The summed E-state index contributed by atoms with van der Waals surface area (Å²) in [5, 5.41) is 9.11. The Morgan fingerprint density at radius 3 is 2.53 bits per heavy atom. The Morgan fingerprint density at radius 2 is 2.00 bits per heavy atom. The van der Waals surface area contributed by atoms with Crippen LogP contribution in [0.3, 0.4) is 0 Å². The van der Waals surface area contributed by atoms with Crippen LogP contribution in [0.5, 0.6) is 0 Å². The molecule has 0 bridgehead atoms. The van der Waals surface area contributed by atoms with Gasteiger partial charge < -0.3 is 0 Å². The first-order chi connectivity index (χ1) is 8.24. The lowest BCUT2D eigenvalue weighted by Gasteiger charge is -2.29. The lowest BCUT2D eigenvalue weighted by molar-refractivity contribution is 0.334. The van der Waals surface area contributed by atoms with Crippen molar-refractivity contribution in [2.45, 2.75) is 50.6 Å². The second-order valence-corrected chi connectivity index (χ2v) is 6.54. The highest BCUT2D eigenvalue weighted by molar-refractivity contribution is 9.09. The molecule has 0 radical (unpaired) electrons. The van der Waals surface area contributed by atoms with E-state index in [4.69, 9.17) is 0 Å². The van der Waals surface area contributed by atoms with Crippen molar-refractivity contribution >= 4 is 27.7 Å². The van der Waals surface area contributed by atoms with Crippen molar-refractivity contribution in [2.24, 2.45) is 5.41 Å². The normalized spacial score (nSPS) is 20.1. The molecule has 3 nitrogen and oxygen atoms in total. The fraction of sp³-hybridized carbons (Fsp3) is 0.833. The van der Waals surface area contributed by atoms with Gasteiger partial charge in [-0.2, -0.15) is 0 Å². The van der Waals surface area contributed by atoms with Gasteiger partial charge in [0.2, 0.25) is 5.16 Å². The Kier molecular flexibility index (Phi) is 4.91. The van der Waals surface area contributed by atoms with E-state index in [9.17, 15) is 0 Å². The van der Waals surface area contributed by atoms with Crippen LogP contribution in [-0.2, 0) is 0 Å². The summed E-state index contributed by atoms with van der Waals surface area (Å²) in [6.07, 6.45) is 8.24. The molecule has 0 aliphatic heterocycles. The smallest absolute Gasteiger partial charge is 0.208 e. The van der Waals surface area contributed by atoms with Gasteiger partial charge in [0.1, 0.15) is 5.82 Å². The Morgan fingerprint density at radius 1 is 1.29 bits per heavy atom. The van der Waals surface area contributed by atoms with Crippen LogP contribution in [0, 0.1) is 12.3 Å². The van der Waals surface area contributed by atoms with Crippen LogP contribution in [0.15, 0.2) is 5.16 Å². The highest BCUT2D eigenvalue weighted by Crippen LogP contribution is 2.40. The second-order valence-electron chi connectivity index (χ2n) is 5.04. The van der Waals surface area contributed by atoms with E-state index < -0.39 is 0 Å². The maximum atomic E-state index is 4.36. The number of nitrogens with one attached hydrogen (secondary N) is 1. The summed E-state index contributed by atoms with van der Waals surface area (Å²) in [7, 11) is 0. The molecule has 5 heteroatoms. The zero-order chi connectivity index (χ0) is 12.1. The standard InChI is InChI=1S/C12H20BrN3S/c1-10-14-11(16-15-10)17-9-12(8-13)6-4-2-3-5-7-12/h2-9H2,1H3,(H,14,15,16). The van der Waals surface area contributed by atoms with Gasteiger partial charge in [-0.05, 0) is 25.2 Å². The molecule has 1 aromatic rings. The topological polar surface area (TPSA) is 41.6 Å². The minimum absolute atomic E-state index is 0.454. The lowest BCUT2D eigenvalue weighted by atomic mass is 9.85. The van der Waals surface area contributed by atoms with Crippen molar-refractivity contribution < 1.29 is 0 Å². The minimum atomic E-state index is 0.454. The van der Waals surface area contributed by atoms with Gasteiger partial charge in [0.15, 0.2) is 0 Å². The summed E-state index contributed by atoms with van der Waals surface area (Å²) >= 11 is 5.52. The molecule has 1 N–H and O–H groups in total. The Labute approximate surface area is 116 Å². The molecule has 0 amide bonds. The molecule has 17 heavy (non-hydrogen) atoms. The quantitative estimate of drug-likeness (QED) is 0.519. The molecule has 1 saturated carbocycles. The maximum Gasteiger partial charge on any atom is 0.208 e. The van der Waals surface area contributed by atoms with E-state index >= 15 is 0 Å². The minimum Gasteiger partial charge on any atom is -0.262 e. The number of halogens is 1. The predicted octanol–water partition coefficient (Wildman–Crippen LogP) is 3.94. The summed E-state index contributed by atoms with van der Waals surface area (Å²) in [4.78, 5) is 4.36. The number of aromatic amines is 1. The molecule has 0 unspecified atom stereocenters. The predicted molar refractivity (Wildman–Crippen MR) is 75.8 cm³/mol. The largest absolute Gasteiger partial charge is 0.262 e. The molecule has 1 aliphatic rings. The van der Waals surface area contributed by atoms with Crippen LogP contribution in [0.25, 0.3) is 0 Å². The number of hydrogen-bond donors (Lipinski definition) is 1. The van der Waals surface area contributed by atoms with Crippen molar-refractivity contribution in [1.82, 2.24) is 15.2 Å². The summed E-state index contributed by atoms with van der Waals surface area (Å²) < 4.78 is 0. The van der Waals surface area contributed by atoms with Gasteiger partial charge in [0, 0.05) is 11.1 Å². The first-order valence-corrected chi connectivity index (χ1v) is 8.43. The highest BCUT2D eigenvalue weighted by Gasteiger charge is 2.30. The van der Waals surface area contributed by atoms with Crippen molar-refractivity contribution in [1.29, 1.82) is 0 Å². The van der Waals surface area contributed by atoms with Crippen LogP contribution >= 0.6 is 27.7 Å². The van der Waals surface area contributed by atoms with Gasteiger partial charge in [-0.1, -0.05) is 53.4 Å². The van der Waals surface area contributed by atoms with E-state index in [-0.39, 0.29) is 0 Å². The number of aromatic nitrogens is 3. The SMILES string of the molecule is Cc1nc(SCC2(CBr)CCCCCC2)n[nH]1. The summed E-state index contributed by atoms with van der Waals surface area (Å²) in [5.74, 6) is 2.04. The van der Waals surface area contributed by atoms with E-state index in [0.717, 1.165) is 22.1 Å². The molecule has 96 valence electrons. The van der Waals surface area contributed by atoms with E-state index in [1.54, 1.807) is 11.8 Å². The molecular weight excluding hydrogens is 298 g/mol. The molecule has 2 rings (SSSR count). The average Bonchev–Trinajstić information content (AvgIpc) is 2.63. The molecule has 1 aliphatic carbocycles. The van der Waals surface area contributed by atoms with Crippen LogP contribution in [-0.4, -0.2) is 26.3 Å². The van der Waals surface area contributed by atoms with E-state index in [0.29, 0.717) is 5.41 Å². The number of rotatable bonds is 4. The fourth-order valence-electron chi connectivity index (χ4n) is 2.40. The van der Waals surface area contributed by atoms with Crippen molar-refractivity contribution in [2.75, 3.05) is 11.1 Å². The van der Waals surface area contributed by atoms with Gasteiger partial charge in [-0.25, -0.2) is 4.98 Å². The first kappa shape index (κ1) is 13.4. The third kappa shape index (κ3) is 3.71. The monoisotopic (exact) mass is 317 g/mol. The van der Waals surface area contributed by atoms with Crippen molar-refractivity contribution in [3.63, 3.8) is 0 Å². The molecular formula is C12H20BrN3S. The first-order valence-electron chi connectivity index (χ1n) is 6.32. The summed E-state index contributed by atoms with van der Waals surface area (Å²) in [5.41, 5.74) is 0.454. The Hall–Kier alpha value is -0.0300. The van der Waals surface area contributed by atoms with E-state index in [1.807, 2.05) is 6.92 Å². The van der Waals surface area contributed by atoms with Crippen LogP contribution in [0.1, 0.15) is 44.3 Å². The van der Waals surface area contributed by atoms with Gasteiger partial charge in [-0.3, -0.25) is 5.10 Å². The molecule has 1 fully saturated rings. The zero-order valence-corrected chi connectivity index (χ0v) is 12.7. The van der Waals surface area contributed by atoms with Gasteiger partial charge >= 0.3 is 0 Å². The van der Waals surface area contributed by atoms with Crippen LogP contribution in [0.2, 0.25) is 0 Å². The van der Waals surface area contributed by atoms with Crippen LogP contribution in [0.4, 0.5) is 0 Å². The number of thioether (sulfide) groups is 1. The molecule has 0 saturated heterocycles. The number of aryl methyl sites for hydroxylation is 1. The summed E-state index contributed by atoms with van der Waals surface area (Å²) in [6.45, 7) is 1.95. The number of alkyl halides is 1. The highest BCUT2D eigenvalue weighted by atomic mass is 79.9. The molecule has 1 aromatic heterocycles. The third-order valence-corrected chi connectivity index (χ3v) is 5.92. The molecule has 1 heterocycles. The molecule has 0 atom stereocenters. The van der Waals surface area contributed by atoms with Crippen molar-refractivity contribution in [3.8, 4) is 0 Å². The average molecular weight is 318 g/mol. The lowest BCUT2D eigenvalue weighted by Crippen LogP contribution is -2.25. The third-order valence-electron chi connectivity index (χ3n) is 3.53. The second kappa shape index (κ2) is 6.23. The van der Waals surface area contributed by atoms with Gasteiger partial charge in [0.05, 0.1) is 0 Å². The van der Waals surface area contributed by atoms with E-state index in [1.165, 1.54) is 38.5 Å². The maximum absolute atomic E-state index is 4.36. The molecule has 0 aromatic carbocycles. The van der Waals surface area contributed by atoms with Gasteiger partial charge in [-0.15, -0.1) is 5.10 Å². The van der Waals surface area contributed by atoms with Gasteiger partial charge in [0.25, 0.3) is 0 Å². The van der Waals surface area contributed by atoms with Crippen LogP contribution < -0.4 is 0 Å². The fourth-order valence-corrected chi connectivity index (χ4v) is 4.56.